The second-order valence-corrected chi connectivity index (χ2v) is 20.9. The molecule has 80 heavy (non-hydrogen) atoms. The van der Waals surface area contributed by atoms with E-state index in [-0.39, 0.29) is 11.3 Å². The van der Waals surface area contributed by atoms with Gasteiger partial charge in [-0.1, -0.05) is 24.0 Å². The molecule has 3 saturated heterocycles. The van der Waals surface area contributed by atoms with Crippen molar-refractivity contribution >= 4 is 29.8 Å². The van der Waals surface area contributed by atoms with Crippen LogP contribution in [-0.4, -0.2) is 151 Å². The SMILES string of the molecule is COC(=O)N[C@H](C(=O)N[C@@H](Cc1ccc(C#Cc2ccc(N3CC4CCC(C3)N4C3COC3)nc2)cc1)[C@@H](O)CN(Cc1c(F)cc(-c2cc(F)ccn2)cc1F)NC(=O)[C@@H](NC(=O)OC)C(C)(C)C(F)(F)F)C(C)(C)C(F)(F)F. The van der Waals surface area contributed by atoms with Gasteiger partial charge in [-0.2, -0.15) is 26.3 Å². The summed E-state index contributed by atoms with van der Waals surface area (Å²) in [5, 5.41) is 18.6. The zero-order valence-electron chi connectivity index (χ0n) is 44.3. The summed E-state index contributed by atoms with van der Waals surface area (Å²) in [6.45, 7) is 3.34. The Morgan fingerprint density at radius 3 is 1.80 bits per heavy atom. The van der Waals surface area contributed by atoms with Crippen molar-refractivity contribution in [3.8, 4) is 23.1 Å². The van der Waals surface area contributed by atoms with Gasteiger partial charge in [0.1, 0.15) is 35.4 Å². The molecule has 2 aromatic carbocycles. The third-order valence-electron chi connectivity index (χ3n) is 14.7. The molecule has 2 unspecified atom stereocenters. The minimum absolute atomic E-state index is 0.206. The van der Waals surface area contributed by atoms with Gasteiger partial charge in [0, 0.05) is 79.0 Å². The molecule has 432 valence electrons. The average molecular weight is 1130 g/mol. The van der Waals surface area contributed by atoms with Gasteiger partial charge in [-0.05, 0) is 95.0 Å². The number of alkyl halides is 6. The van der Waals surface area contributed by atoms with E-state index in [9.17, 15) is 55.0 Å². The zero-order valence-corrected chi connectivity index (χ0v) is 44.3. The van der Waals surface area contributed by atoms with E-state index in [1.807, 2.05) is 17.4 Å². The molecular formula is C54H60F9N9O8. The number of fused-ring (bicyclic) bond motifs is 2. The lowest BCUT2D eigenvalue weighted by Gasteiger charge is -2.47. The number of pyridine rings is 2. The first-order valence-corrected chi connectivity index (χ1v) is 25.2. The van der Waals surface area contributed by atoms with Crippen LogP contribution in [0.4, 0.5) is 54.9 Å². The third kappa shape index (κ3) is 14.0. The summed E-state index contributed by atoms with van der Waals surface area (Å²) >= 11 is 0. The van der Waals surface area contributed by atoms with E-state index in [1.54, 1.807) is 23.6 Å². The number of amides is 4. The Morgan fingerprint density at radius 1 is 0.750 bits per heavy atom. The number of nitrogens with one attached hydrogen (secondary N) is 4. The molecule has 3 aliphatic heterocycles. The molecule has 5 N–H and O–H groups in total. The fourth-order valence-electron chi connectivity index (χ4n) is 9.64. The Morgan fingerprint density at radius 2 is 1.30 bits per heavy atom. The van der Waals surface area contributed by atoms with Crippen molar-refractivity contribution in [2.45, 2.75) is 108 Å². The summed E-state index contributed by atoms with van der Waals surface area (Å²) in [5.41, 5.74) is -4.05. The van der Waals surface area contributed by atoms with Gasteiger partial charge in [0.05, 0.1) is 62.1 Å². The molecule has 0 spiro atoms. The van der Waals surface area contributed by atoms with Crippen LogP contribution >= 0.6 is 0 Å². The van der Waals surface area contributed by atoms with Crippen molar-refractivity contribution in [1.29, 1.82) is 0 Å². The first-order valence-electron chi connectivity index (χ1n) is 25.2. The molecule has 3 fully saturated rings. The number of hydrogen-bond acceptors (Lipinski definition) is 13. The summed E-state index contributed by atoms with van der Waals surface area (Å²) in [6.07, 6.45) is -11.0. The lowest BCUT2D eigenvalue weighted by molar-refractivity contribution is -0.221. The fraction of sp³-hybridized carbons (Fsp3) is 0.481. The Hall–Kier alpha value is -7.21. The molecule has 4 aromatic rings. The first-order chi connectivity index (χ1) is 37.6. The topological polar surface area (TPSA) is 200 Å². The van der Waals surface area contributed by atoms with E-state index in [0.29, 0.717) is 67.5 Å². The number of alkyl carbamates (subject to hydrolysis) is 2. The smallest absolute Gasteiger partial charge is 0.407 e. The van der Waals surface area contributed by atoms with Gasteiger partial charge < -0.3 is 40.2 Å². The number of aliphatic hydroxyl groups is 1. The maximum atomic E-state index is 16.0. The number of piperazine rings is 1. The number of carbonyl (C=O) groups is 4. The molecule has 17 nitrogen and oxygen atoms in total. The quantitative estimate of drug-likeness (QED) is 0.0408. The number of anilines is 1. The highest BCUT2D eigenvalue weighted by atomic mass is 19.4. The highest BCUT2D eigenvalue weighted by Crippen LogP contribution is 2.42. The Bertz CT molecular complexity index is 2900. The van der Waals surface area contributed by atoms with E-state index in [0.717, 1.165) is 89.6 Å². The van der Waals surface area contributed by atoms with Crippen LogP contribution in [0.5, 0.6) is 0 Å². The molecular weight excluding hydrogens is 1070 g/mol. The molecule has 0 radical (unpaired) electrons. The minimum Gasteiger partial charge on any atom is -0.453 e. The van der Waals surface area contributed by atoms with Gasteiger partial charge >= 0.3 is 24.5 Å². The number of hydrogen-bond donors (Lipinski definition) is 5. The van der Waals surface area contributed by atoms with Crippen LogP contribution in [-0.2, 0) is 36.8 Å². The number of methoxy groups -OCH3 is 2. The van der Waals surface area contributed by atoms with Gasteiger partial charge in [0.2, 0.25) is 5.91 Å². The maximum Gasteiger partial charge on any atom is 0.407 e. The van der Waals surface area contributed by atoms with E-state index in [4.69, 9.17) is 4.74 Å². The predicted octanol–water partition coefficient (Wildman–Crippen LogP) is 6.56. The number of ether oxygens (including phenoxy) is 3. The van der Waals surface area contributed by atoms with E-state index < -0.39 is 114 Å². The number of nitrogens with zero attached hydrogens (tertiary/aromatic N) is 5. The molecule has 26 heteroatoms. The number of carbonyl (C=O) groups excluding carboxylic acids is 4. The minimum atomic E-state index is -5.21. The van der Waals surface area contributed by atoms with Crippen LogP contribution in [0.1, 0.15) is 62.8 Å². The fourth-order valence-corrected chi connectivity index (χ4v) is 9.64. The number of rotatable bonds is 18. The molecule has 5 heterocycles. The predicted molar refractivity (Wildman–Crippen MR) is 270 cm³/mol. The largest absolute Gasteiger partial charge is 0.453 e. The van der Waals surface area contributed by atoms with Gasteiger partial charge in [0.15, 0.2) is 0 Å². The highest BCUT2D eigenvalue weighted by Gasteiger charge is 2.57. The van der Waals surface area contributed by atoms with Crippen molar-refractivity contribution in [1.82, 2.24) is 41.3 Å². The van der Waals surface area contributed by atoms with Crippen LogP contribution in [0.25, 0.3) is 11.3 Å². The standard InChI is InChI=1S/C54H60F9N9O8/c1-51(2,53(58,59)60)45(67-49(76)78-5)47(74)66-42(19-31-10-7-30(8-11-31)9-12-32-13-16-44(65-23-32)70-24-35-14-15-36(25-70)72(35)37-28-80-29-37)43(73)27-71(69-48(75)46(68-50(77)79-6)52(3,4)54(61,62)63)26-38-39(56)20-33(21-40(38)57)41-22-34(55)17-18-64-41/h7-8,10-11,13,16-18,20-23,35-37,42-43,45-46,73H,14-15,19,24-29H2,1-6H3,(H,66,74)(H,67,76)(H,68,77)(H,69,75)/t35?,36?,42-,43-,45+,46+/m0/s1. The second-order valence-electron chi connectivity index (χ2n) is 20.9. The average Bonchev–Trinajstić information content (AvgIpc) is 3.63. The number of aliphatic hydroxyl groups excluding tert-OH is 1. The maximum absolute atomic E-state index is 16.0. The lowest BCUT2D eigenvalue weighted by atomic mass is 9.82. The van der Waals surface area contributed by atoms with Crippen LogP contribution in [0, 0.1) is 40.1 Å². The van der Waals surface area contributed by atoms with Gasteiger partial charge in [-0.3, -0.25) is 24.9 Å². The van der Waals surface area contributed by atoms with Gasteiger partial charge in [0.25, 0.3) is 5.91 Å². The van der Waals surface area contributed by atoms with Crippen LogP contribution < -0.4 is 26.3 Å². The van der Waals surface area contributed by atoms with Crippen molar-refractivity contribution < 1.29 is 78.0 Å². The van der Waals surface area contributed by atoms with Crippen molar-refractivity contribution in [2.24, 2.45) is 10.8 Å². The number of hydrazine groups is 1. The summed E-state index contributed by atoms with van der Waals surface area (Å²) in [5.74, 6) is 0.190. The van der Waals surface area contributed by atoms with E-state index in [2.05, 4.69) is 51.8 Å². The number of benzene rings is 2. The Kier molecular flexibility index (Phi) is 18.6. The lowest BCUT2D eigenvalue weighted by Crippen LogP contribution is -2.63. The third-order valence-corrected chi connectivity index (χ3v) is 14.7. The molecule has 4 amide bonds. The highest BCUT2D eigenvalue weighted by molar-refractivity contribution is 5.87. The number of halogens is 9. The molecule has 3 aliphatic rings. The molecule has 7 rings (SSSR count). The Labute approximate surface area is 454 Å². The second kappa shape index (κ2) is 24.7. The van der Waals surface area contributed by atoms with E-state index in [1.165, 1.54) is 12.1 Å². The van der Waals surface area contributed by atoms with E-state index >= 15 is 8.78 Å². The molecule has 2 aromatic heterocycles. The van der Waals surface area contributed by atoms with Crippen molar-refractivity contribution in [3.05, 3.63) is 113 Å². The van der Waals surface area contributed by atoms with Crippen LogP contribution in [0.2, 0.25) is 0 Å². The first kappa shape index (κ1) is 60.4. The summed E-state index contributed by atoms with van der Waals surface area (Å²) in [4.78, 5) is 66.3. The zero-order chi connectivity index (χ0) is 58.5. The summed E-state index contributed by atoms with van der Waals surface area (Å²) in [6, 6.07) is 7.77. The van der Waals surface area contributed by atoms with Gasteiger partial charge in [-0.25, -0.2) is 32.8 Å². The molecule has 2 bridgehead atoms. The van der Waals surface area contributed by atoms with Crippen molar-refractivity contribution in [3.63, 3.8) is 0 Å². The van der Waals surface area contributed by atoms with Gasteiger partial charge in [-0.15, -0.1) is 0 Å². The monoisotopic (exact) mass is 1130 g/mol. The summed E-state index contributed by atoms with van der Waals surface area (Å²) in [7, 11) is 1.63. The molecule has 0 aliphatic carbocycles. The Balaban J connectivity index is 1.18. The normalized spacial score (nSPS) is 18.4. The van der Waals surface area contributed by atoms with Crippen LogP contribution in [0.3, 0.4) is 0 Å². The molecule has 0 saturated carbocycles. The number of aromatic nitrogens is 2. The summed E-state index contributed by atoms with van der Waals surface area (Å²) < 4.78 is 148. The van der Waals surface area contributed by atoms with Crippen molar-refractivity contribution in [2.75, 3.05) is 52.0 Å². The molecule has 6 atom stereocenters. The van der Waals surface area contributed by atoms with Crippen LogP contribution in [0.15, 0.2) is 73.1 Å².